The quantitative estimate of drug-likeness (QED) is 0.691. The van der Waals surface area contributed by atoms with E-state index in [-0.39, 0.29) is 6.42 Å². The van der Waals surface area contributed by atoms with Gasteiger partial charge >= 0.3 is 0 Å². The molecule has 0 spiro atoms. The van der Waals surface area contributed by atoms with Gasteiger partial charge in [0, 0.05) is 18.0 Å². The number of fused-ring (bicyclic) bond motifs is 1. The van der Waals surface area contributed by atoms with Crippen molar-refractivity contribution in [1.82, 2.24) is 4.98 Å². The minimum Gasteiger partial charge on any atom is -0.550 e. The average Bonchev–Trinajstić information content (AvgIpc) is 3.00. The highest BCUT2D eigenvalue weighted by atomic mass is 32.1. The lowest BCUT2D eigenvalue weighted by molar-refractivity contribution is -0.304. The minimum atomic E-state index is -1.13. The van der Waals surface area contributed by atoms with Crippen molar-refractivity contribution in [3.05, 3.63) is 59.1 Å². The molecule has 0 N–H and O–H groups in total. The van der Waals surface area contributed by atoms with Crippen molar-refractivity contribution in [2.75, 3.05) is 6.61 Å². The van der Waals surface area contributed by atoms with Crippen LogP contribution in [0.15, 0.2) is 48.5 Å². The maximum absolute atomic E-state index is 11.2. The molecule has 122 valence electrons. The summed E-state index contributed by atoms with van der Waals surface area (Å²) in [7, 11) is 0. The van der Waals surface area contributed by atoms with E-state index >= 15 is 0 Å². The number of hydrogen-bond donors (Lipinski definition) is 0. The van der Waals surface area contributed by atoms with Gasteiger partial charge in [0.1, 0.15) is 10.8 Å². The number of carboxylic acids is 1. The van der Waals surface area contributed by atoms with Crippen LogP contribution in [0.4, 0.5) is 0 Å². The molecule has 4 nitrogen and oxygen atoms in total. The third kappa shape index (κ3) is 3.63. The maximum Gasteiger partial charge on any atom is 0.126 e. The Hall–Kier alpha value is -2.66. The first-order valence-electron chi connectivity index (χ1n) is 7.65. The zero-order chi connectivity index (χ0) is 16.9. The average molecular weight is 338 g/mol. The molecule has 0 unspecified atom stereocenters. The molecule has 0 bridgehead atoms. The first-order valence-corrected chi connectivity index (χ1v) is 8.47. The van der Waals surface area contributed by atoms with Gasteiger partial charge in [0.25, 0.3) is 0 Å². The summed E-state index contributed by atoms with van der Waals surface area (Å²) in [6.07, 6.45) is 1.62. The molecule has 0 aliphatic heterocycles. The zero-order valence-corrected chi connectivity index (χ0v) is 14.0. The van der Waals surface area contributed by atoms with E-state index in [2.05, 4.69) is 4.98 Å². The zero-order valence-electron chi connectivity index (χ0n) is 13.2. The van der Waals surface area contributed by atoms with E-state index in [0.29, 0.717) is 17.2 Å². The third-order valence-corrected chi connectivity index (χ3v) is 4.56. The van der Waals surface area contributed by atoms with Crippen molar-refractivity contribution >= 4 is 39.2 Å². The number of nitrogens with zero attached hydrogens (tertiary/aromatic N) is 1. The molecule has 3 rings (SSSR count). The van der Waals surface area contributed by atoms with Gasteiger partial charge in [-0.25, -0.2) is 4.98 Å². The molecule has 0 fully saturated rings. The normalized spacial score (nSPS) is 11.6. The molecule has 0 aliphatic carbocycles. The largest absolute Gasteiger partial charge is 0.550 e. The predicted octanol–water partition coefficient (Wildman–Crippen LogP) is 3.38. The summed E-state index contributed by atoms with van der Waals surface area (Å²) in [6, 6.07) is 15.3. The molecule has 0 atom stereocenters. The van der Waals surface area contributed by atoms with Crippen molar-refractivity contribution in [1.29, 1.82) is 0 Å². The number of rotatable bonds is 6. The molecule has 24 heavy (non-hydrogen) atoms. The summed E-state index contributed by atoms with van der Waals surface area (Å²) in [5, 5.41) is 11.9. The molecule has 5 heteroatoms. The van der Waals surface area contributed by atoms with Gasteiger partial charge in [-0.05, 0) is 36.8 Å². The Morgan fingerprint density at radius 2 is 1.96 bits per heavy atom. The van der Waals surface area contributed by atoms with Gasteiger partial charge in [0.15, 0.2) is 0 Å². The highest BCUT2D eigenvalue weighted by Crippen LogP contribution is 2.31. The second-order valence-electron chi connectivity index (χ2n) is 5.18. The Kier molecular flexibility index (Phi) is 4.91. The summed E-state index contributed by atoms with van der Waals surface area (Å²) < 4.78 is 6.64. The second-order valence-corrected chi connectivity index (χ2v) is 6.21. The van der Waals surface area contributed by atoms with Gasteiger partial charge in [0.2, 0.25) is 0 Å². The number of carboxylic acid groups (broad SMARTS) is 1. The number of aromatic nitrogens is 1. The van der Waals surface area contributed by atoms with Gasteiger partial charge in [-0.2, -0.15) is 0 Å². The number of hydrogen-bond acceptors (Lipinski definition) is 5. The molecule has 3 aromatic rings. The lowest BCUT2D eigenvalue weighted by atomic mass is 10.1. The van der Waals surface area contributed by atoms with Crippen LogP contribution in [-0.2, 0) is 4.79 Å². The van der Waals surface area contributed by atoms with Crippen molar-refractivity contribution in [2.45, 2.75) is 13.3 Å². The lowest BCUT2D eigenvalue weighted by Crippen LogP contribution is -2.22. The van der Waals surface area contributed by atoms with Crippen molar-refractivity contribution in [3.8, 4) is 5.75 Å². The van der Waals surface area contributed by atoms with E-state index in [1.165, 1.54) is 11.3 Å². The summed E-state index contributed by atoms with van der Waals surface area (Å²) in [6.45, 7) is 2.46. The van der Waals surface area contributed by atoms with Crippen molar-refractivity contribution in [2.24, 2.45) is 0 Å². The van der Waals surface area contributed by atoms with Gasteiger partial charge in [-0.1, -0.05) is 30.3 Å². The van der Waals surface area contributed by atoms with E-state index in [1.54, 1.807) is 0 Å². The predicted molar refractivity (Wildman–Crippen MR) is 94.7 cm³/mol. The molecule has 1 aromatic heterocycles. The Labute approximate surface area is 144 Å². The number of carbonyl (C=O) groups excluding carboxylic acids is 1. The summed E-state index contributed by atoms with van der Waals surface area (Å²) in [5.41, 5.74) is 2.30. The highest BCUT2D eigenvalue weighted by Gasteiger charge is 2.11. The third-order valence-electron chi connectivity index (χ3n) is 3.45. The molecular formula is C19H16NO3S-. The maximum atomic E-state index is 11.2. The van der Waals surface area contributed by atoms with Crippen LogP contribution in [0.5, 0.6) is 5.75 Å². The van der Waals surface area contributed by atoms with Crippen LogP contribution in [0.3, 0.4) is 0 Å². The van der Waals surface area contributed by atoms with Gasteiger partial charge in [-0.15, -0.1) is 11.3 Å². The van der Waals surface area contributed by atoms with Crippen LogP contribution in [0.1, 0.15) is 23.9 Å². The lowest BCUT2D eigenvalue weighted by Gasteiger charge is -2.09. The van der Waals surface area contributed by atoms with Gasteiger partial charge < -0.3 is 14.6 Å². The fourth-order valence-corrected chi connectivity index (χ4v) is 3.41. The number of carbonyl (C=O) groups is 1. The van der Waals surface area contributed by atoms with Crippen molar-refractivity contribution < 1.29 is 14.6 Å². The van der Waals surface area contributed by atoms with E-state index in [0.717, 1.165) is 21.5 Å². The van der Waals surface area contributed by atoms with Crippen LogP contribution < -0.4 is 9.84 Å². The fraction of sp³-hybridized carbons (Fsp3) is 0.158. The van der Waals surface area contributed by atoms with Crippen LogP contribution >= 0.6 is 11.3 Å². The van der Waals surface area contributed by atoms with Crippen LogP contribution in [0.2, 0.25) is 0 Å². The van der Waals surface area contributed by atoms with Crippen LogP contribution in [0.25, 0.3) is 21.9 Å². The molecule has 0 amide bonds. The molecular weight excluding hydrogens is 322 g/mol. The van der Waals surface area contributed by atoms with E-state index < -0.39 is 5.97 Å². The summed E-state index contributed by atoms with van der Waals surface area (Å²) >= 11 is 1.47. The van der Waals surface area contributed by atoms with Gasteiger partial charge in [-0.3, -0.25) is 0 Å². The topological polar surface area (TPSA) is 62.2 Å². The molecule has 0 aliphatic rings. The Balaban J connectivity index is 2.07. The Morgan fingerprint density at radius 1 is 1.21 bits per heavy atom. The second kappa shape index (κ2) is 7.27. The monoisotopic (exact) mass is 338 g/mol. The Morgan fingerprint density at radius 3 is 2.71 bits per heavy atom. The van der Waals surface area contributed by atoms with E-state index in [1.807, 2.05) is 61.5 Å². The molecule has 0 saturated carbocycles. The molecule has 2 aromatic carbocycles. The molecule has 1 heterocycles. The molecule has 0 saturated heterocycles. The van der Waals surface area contributed by atoms with Gasteiger partial charge in [0.05, 0.1) is 16.8 Å². The minimum absolute atomic E-state index is 0.194. The number of thiazole rings is 1. The molecule has 0 radical (unpaired) electrons. The highest BCUT2D eigenvalue weighted by molar-refractivity contribution is 7.19. The fourth-order valence-electron chi connectivity index (χ4n) is 2.43. The number of aliphatic carboxylic acids is 1. The number of para-hydroxylation sites is 2. The number of ether oxygens (including phenoxy) is 1. The Bertz CT molecular complexity index is 865. The van der Waals surface area contributed by atoms with Crippen LogP contribution in [0, 0.1) is 0 Å². The number of benzene rings is 2. The standard InChI is InChI=1S/C19H17NO3S/c1-2-23-16-9-5-3-7-13(16)11-14(12-18(21)22)19-20-15-8-4-6-10-17(15)24-19/h3-11H,2,12H2,1H3,(H,21,22)/p-1/b14-11+. The van der Waals surface area contributed by atoms with Crippen LogP contribution in [-0.4, -0.2) is 17.6 Å². The van der Waals surface area contributed by atoms with E-state index in [4.69, 9.17) is 4.74 Å². The first kappa shape index (κ1) is 16.2. The first-order chi connectivity index (χ1) is 11.7. The van der Waals surface area contributed by atoms with Crippen molar-refractivity contribution in [3.63, 3.8) is 0 Å². The van der Waals surface area contributed by atoms with E-state index in [9.17, 15) is 9.90 Å². The summed E-state index contributed by atoms with van der Waals surface area (Å²) in [4.78, 5) is 15.7. The summed E-state index contributed by atoms with van der Waals surface area (Å²) in [5.74, 6) is -0.411. The SMILES string of the molecule is CCOc1ccccc1/C=C(\CC(=O)[O-])c1nc2ccccc2s1. The smallest absolute Gasteiger partial charge is 0.126 e.